The Labute approximate surface area is 81.4 Å². The number of alkyl halides is 1. The lowest BCUT2D eigenvalue weighted by atomic mass is 10.0. The molecule has 0 aromatic carbocycles. The minimum absolute atomic E-state index is 0.276. The molecule has 0 fully saturated rings. The van der Waals surface area contributed by atoms with E-state index < -0.39 is 10.8 Å². The van der Waals surface area contributed by atoms with Crippen LogP contribution in [0.5, 0.6) is 0 Å². The Balaban J connectivity index is 2.75. The largest absolute Gasteiger partial charge is 0.480 e. The number of aliphatic carboxylic acids is 1. The van der Waals surface area contributed by atoms with Gasteiger partial charge in [-0.05, 0) is 18.6 Å². The summed E-state index contributed by atoms with van der Waals surface area (Å²) in [5.41, 5.74) is 0.822. The van der Waals surface area contributed by atoms with Crippen molar-refractivity contribution in [3.63, 3.8) is 0 Å². The molecule has 1 aromatic heterocycles. The van der Waals surface area contributed by atoms with Gasteiger partial charge in [0.15, 0.2) is 0 Å². The highest BCUT2D eigenvalue weighted by atomic mass is 35.5. The minimum atomic E-state index is -1.25. The zero-order chi connectivity index (χ0) is 9.90. The second kappa shape index (κ2) is 3.75. The maximum Gasteiger partial charge on any atom is 0.324 e. The number of carbonyl (C=O) groups is 1. The van der Waals surface area contributed by atoms with Crippen LogP contribution in [0.1, 0.15) is 12.5 Å². The second-order valence-electron chi connectivity index (χ2n) is 3.04. The summed E-state index contributed by atoms with van der Waals surface area (Å²) in [7, 11) is 0. The SMILES string of the molecule is CC(Cl)(Cc1cccnc1)C(=O)O. The smallest absolute Gasteiger partial charge is 0.324 e. The Morgan fingerprint density at radius 3 is 2.92 bits per heavy atom. The van der Waals surface area contributed by atoms with Crippen molar-refractivity contribution in [3.05, 3.63) is 30.1 Å². The highest BCUT2D eigenvalue weighted by Crippen LogP contribution is 2.20. The molecular weight excluding hydrogens is 190 g/mol. The topological polar surface area (TPSA) is 50.2 Å². The summed E-state index contributed by atoms with van der Waals surface area (Å²) in [6.07, 6.45) is 3.52. The number of hydrogen-bond donors (Lipinski definition) is 1. The lowest BCUT2D eigenvalue weighted by Gasteiger charge is -2.15. The molecule has 1 rings (SSSR count). The molecule has 0 aliphatic rings. The summed E-state index contributed by atoms with van der Waals surface area (Å²) in [4.78, 5) is 13.3. The number of hydrogen-bond acceptors (Lipinski definition) is 2. The van der Waals surface area contributed by atoms with E-state index in [0.29, 0.717) is 0 Å². The first-order valence-corrected chi connectivity index (χ1v) is 4.21. The number of pyridine rings is 1. The summed E-state index contributed by atoms with van der Waals surface area (Å²) in [5.74, 6) is -1.02. The number of carboxylic acids is 1. The fraction of sp³-hybridized carbons (Fsp3) is 0.333. The fourth-order valence-corrected chi connectivity index (χ4v) is 1.12. The van der Waals surface area contributed by atoms with Crippen LogP contribution in [0, 0.1) is 0 Å². The van der Waals surface area contributed by atoms with Crippen LogP contribution >= 0.6 is 11.6 Å². The highest BCUT2D eigenvalue weighted by Gasteiger charge is 2.30. The standard InChI is InChI=1S/C9H10ClNO2/c1-9(10,8(12)13)5-7-3-2-4-11-6-7/h2-4,6H,5H2,1H3,(H,12,13). The van der Waals surface area contributed by atoms with Gasteiger partial charge in [-0.2, -0.15) is 0 Å². The molecule has 0 spiro atoms. The molecule has 1 atom stereocenters. The van der Waals surface area contributed by atoms with Crippen LogP contribution in [0.4, 0.5) is 0 Å². The molecule has 0 bridgehead atoms. The number of aromatic nitrogens is 1. The predicted molar refractivity (Wildman–Crippen MR) is 49.8 cm³/mol. The van der Waals surface area contributed by atoms with Gasteiger partial charge in [-0.1, -0.05) is 6.07 Å². The number of halogens is 1. The normalized spacial score (nSPS) is 14.9. The van der Waals surface area contributed by atoms with Gasteiger partial charge in [-0.15, -0.1) is 11.6 Å². The second-order valence-corrected chi connectivity index (χ2v) is 3.87. The average molecular weight is 200 g/mol. The molecule has 0 saturated heterocycles. The summed E-state index contributed by atoms with van der Waals surface area (Å²) < 4.78 is 0. The van der Waals surface area contributed by atoms with Crippen molar-refractivity contribution in [3.8, 4) is 0 Å². The lowest BCUT2D eigenvalue weighted by Crippen LogP contribution is -2.30. The van der Waals surface area contributed by atoms with Crippen LogP contribution in [0.25, 0.3) is 0 Å². The van der Waals surface area contributed by atoms with Crippen molar-refractivity contribution in [1.82, 2.24) is 4.98 Å². The van der Waals surface area contributed by atoms with Crippen molar-refractivity contribution in [2.75, 3.05) is 0 Å². The maximum atomic E-state index is 10.7. The van der Waals surface area contributed by atoms with Gasteiger partial charge in [0, 0.05) is 18.8 Å². The van der Waals surface area contributed by atoms with Crippen LogP contribution in [-0.4, -0.2) is 20.9 Å². The van der Waals surface area contributed by atoms with E-state index in [1.165, 1.54) is 6.92 Å². The Morgan fingerprint density at radius 2 is 2.46 bits per heavy atom. The zero-order valence-electron chi connectivity index (χ0n) is 7.20. The van der Waals surface area contributed by atoms with Gasteiger partial charge in [0.25, 0.3) is 0 Å². The molecule has 1 aromatic rings. The third kappa shape index (κ3) is 2.70. The van der Waals surface area contributed by atoms with E-state index in [9.17, 15) is 4.79 Å². The number of rotatable bonds is 3. The van der Waals surface area contributed by atoms with Gasteiger partial charge in [0.2, 0.25) is 0 Å². The third-order valence-corrected chi connectivity index (χ3v) is 2.00. The van der Waals surface area contributed by atoms with Gasteiger partial charge < -0.3 is 5.11 Å². The van der Waals surface area contributed by atoms with Crippen LogP contribution in [0.3, 0.4) is 0 Å². The van der Waals surface area contributed by atoms with Gasteiger partial charge in [0.05, 0.1) is 0 Å². The Bertz CT molecular complexity index is 298. The average Bonchev–Trinajstić information content (AvgIpc) is 2.05. The summed E-state index contributed by atoms with van der Waals surface area (Å²) in [6, 6.07) is 3.56. The lowest BCUT2D eigenvalue weighted by molar-refractivity contribution is -0.139. The van der Waals surface area contributed by atoms with E-state index in [1.807, 2.05) is 0 Å². The molecule has 0 amide bonds. The molecule has 13 heavy (non-hydrogen) atoms. The Morgan fingerprint density at radius 1 is 1.77 bits per heavy atom. The van der Waals surface area contributed by atoms with Crippen molar-refractivity contribution >= 4 is 17.6 Å². The summed E-state index contributed by atoms with van der Waals surface area (Å²) in [6.45, 7) is 1.48. The van der Waals surface area contributed by atoms with Crippen molar-refractivity contribution < 1.29 is 9.90 Å². The van der Waals surface area contributed by atoms with E-state index in [4.69, 9.17) is 16.7 Å². The van der Waals surface area contributed by atoms with E-state index in [-0.39, 0.29) is 6.42 Å². The Kier molecular flexibility index (Phi) is 2.88. The monoisotopic (exact) mass is 199 g/mol. The maximum absolute atomic E-state index is 10.7. The van der Waals surface area contributed by atoms with Crippen LogP contribution in [0.15, 0.2) is 24.5 Å². The van der Waals surface area contributed by atoms with Crippen LogP contribution in [0.2, 0.25) is 0 Å². The molecule has 1 unspecified atom stereocenters. The van der Waals surface area contributed by atoms with Crippen LogP contribution in [-0.2, 0) is 11.2 Å². The first-order chi connectivity index (χ1) is 6.02. The van der Waals surface area contributed by atoms with Crippen molar-refractivity contribution in [1.29, 1.82) is 0 Å². The Hall–Kier alpha value is -1.09. The first kappa shape index (κ1) is 9.99. The molecule has 3 nitrogen and oxygen atoms in total. The van der Waals surface area contributed by atoms with Crippen molar-refractivity contribution in [2.45, 2.75) is 18.2 Å². The molecule has 0 saturated carbocycles. The van der Waals surface area contributed by atoms with E-state index >= 15 is 0 Å². The fourth-order valence-electron chi connectivity index (χ4n) is 0.962. The number of carboxylic acid groups (broad SMARTS) is 1. The highest BCUT2D eigenvalue weighted by molar-refractivity contribution is 6.33. The van der Waals surface area contributed by atoms with E-state index in [2.05, 4.69) is 4.98 Å². The minimum Gasteiger partial charge on any atom is -0.480 e. The van der Waals surface area contributed by atoms with Crippen molar-refractivity contribution in [2.24, 2.45) is 0 Å². The van der Waals surface area contributed by atoms with Gasteiger partial charge in [-0.3, -0.25) is 9.78 Å². The summed E-state index contributed by atoms with van der Waals surface area (Å²) in [5, 5.41) is 8.75. The first-order valence-electron chi connectivity index (χ1n) is 3.83. The predicted octanol–water partition coefficient (Wildman–Crippen LogP) is 1.71. The quantitative estimate of drug-likeness (QED) is 0.754. The third-order valence-electron chi connectivity index (χ3n) is 1.70. The molecular formula is C9H10ClNO2. The van der Waals surface area contributed by atoms with Gasteiger partial charge >= 0.3 is 5.97 Å². The van der Waals surface area contributed by atoms with Gasteiger partial charge in [0.1, 0.15) is 4.87 Å². The van der Waals surface area contributed by atoms with E-state index in [0.717, 1.165) is 5.56 Å². The van der Waals surface area contributed by atoms with Gasteiger partial charge in [-0.25, -0.2) is 0 Å². The molecule has 0 aliphatic carbocycles. The van der Waals surface area contributed by atoms with E-state index in [1.54, 1.807) is 24.5 Å². The molecule has 0 radical (unpaired) electrons. The molecule has 0 aliphatic heterocycles. The summed E-state index contributed by atoms with van der Waals surface area (Å²) >= 11 is 5.78. The molecule has 1 N–H and O–H groups in total. The van der Waals surface area contributed by atoms with Crippen LogP contribution < -0.4 is 0 Å². The number of nitrogens with zero attached hydrogens (tertiary/aromatic N) is 1. The molecule has 70 valence electrons. The molecule has 4 heteroatoms. The zero-order valence-corrected chi connectivity index (χ0v) is 7.95. The molecule has 1 heterocycles.